The predicted molar refractivity (Wildman–Crippen MR) is 117 cm³/mol. The number of aromatic nitrogens is 3. The predicted octanol–water partition coefficient (Wildman–Crippen LogP) is 2.45. The van der Waals surface area contributed by atoms with Crippen molar-refractivity contribution in [3.05, 3.63) is 74.5 Å². The van der Waals surface area contributed by atoms with Crippen molar-refractivity contribution in [2.45, 2.75) is 26.8 Å². The number of nitrogens with zero attached hydrogens (tertiary/aromatic N) is 3. The zero-order valence-electron chi connectivity index (χ0n) is 17.5. The minimum atomic E-state index is -0.177. The molecule has 7 heteroatoms. The maximum absolute atomic E-state index is 12.1. The van der Waals surface area contributed by atoms with Gasteiger partial charge in [-0.05, 0) is 48.2 Å². The van der Waals surface area contributed by atoms with Gasteiger partial charge in [0.1, 0.15) is 5.69 Å². The lowest BCUT2D eigenvalue weighted by Crippen LogP contribution is -2.39. The summed E-state index contributed by atoms with van der Waals surface area (Å²) >= 11 is 0. The molecule has 4 rings (SSSR count). The van der Waals surface area contributed by atoms with Crippen LogP contribution in [0.5, 0.6) is 0 Å². The molecule has 0 aromatic carbocycles. The highest BCUT2D eigenvalue weighted by atomic mass is 16.1. The van der Waals surface area contributed by atoms with Gasteiger partial charge >= 0.3 is 0 Å². The van der Waals surface area contributed by atoms with Crippen molar-refractivity contribution in [1.82, 2.24) is 25.2 Å². The molecule has 1 fully saturated rings. The second-order valence-corrected chi connectivity index (χ2v) is 7.65. The molecule has 1 aliphatic heterocycles. The summed E-state index contributed by atoms with van der Waals surface area (Å²) in [5.74, 6) is -0.177. The van der Waals surface area contributed by atoms with E-state index in [0.717, 1.165) is 53.1 Å². The lowest BCUT2D eigenvalue weighted by molar-refractivity contribution is 0.0958. The van der Waals surface area contributed by atoms with E-state index in [-0.39, 0.29) is 11.5 Å². The Balaban J connectivity index is 1.42. The first-order valence-electron chi connectivity index (χ1n) is 10.1. The summed E-state index contributed by atoms with van der Waals surface area (Å²) in [5, 5.41) is 2.59. The number of hydrogen-bond acceptors (Lipinski definition) is 5. The van der Waals surface area contributed by atoms with Gasteiger partial charge in [-0.25, -0.2) is 4.98 Å². The molecule has 2 N–H and O–H groups in total. The first kappa shape index (κ1) is 20.0. The zero-order valence-corrected chi connectivity index (χ0v) is 17.5. The minimum absolute atomic E-state index is 0.0375. The summed E-state index contributed by atoms with van der Waals surface area (Å²) in [6, 6.07) is 7.57. The lowest BCUT2D eigenvalue weighted by Gasteiger charge is -2.34. The van der Waals surface area contributed by atoms with Crippen molar-refractivity contribution < 1.29 is 4.79 Å². The number of aryl methyl sites for hydroxylation is 2. The Hall–Kier alpha value is -3.32. The lowest BCUT2D eigenvalue weighted by atomic mass is 10.0. The minimum Gasteiger partial charge on any atom is -0.354 e. The van der Waals surface area contributed by atoms with Crippen molar-refractivity contribution in [2.75, 3.05) is 20.1 Å². The number of nitrogens with one attached hydrogen (secondary N) is 2. The van der Waals surface area contributed by atoms with E-state index in [1.807, 2.05) is 38.2 Å². The number of H-pyrrole nitrogens is 1. The van der Waals surface area contributed by atoms with Gasteiger partial charge in [0.2, 0.25) is 0 Å². The third kappa shape index (κ3) is 4.02. The van der Waals surface area contributed by atoms with Crippen LogP contribution in [-0.2, 0) is 13.0 Å². The van der Waals surface area contributed by atoms with E-state index < -0.39 is 0 Å². The van der Waals surface area contributed by atoms with Crippen molar-refractivity contribution in [3.8, 4) is 0 Å². The van der Waals surface area contributed by atoms with Crippen LogP contribution in [0, 0.1) is 6.92 Å². The Bertz CT molecular complexity index is 1200. The smallest absolute Gasteiger partial charge is 0.269 e. The molecule has 0 saturated carbocycles. The Labute approximate surface area is 174 Å². The number of fused-ring (bicyclic) bond motifs is 1. The second kappa shape index (κ2) is 8.20. The molecule has 0 aliphatic carbocycles. The monoisotopic (exact) mass is 403 g/mol. The molecule has 0 unspecified atom stereocenters. The van der Waals surface area contributed by atoms with Crippen LogP contribution >= 0.6 is 0 Å². The summed E-state index contributed by atoms with van der Waals surface area (Å²) in [7, 11) is 1.60. The molecule has 0 atom stereocenters. The molecule has 1 amide bonds. The number of amides is 1. The van der Waals surface area contributed by atoms with E-state index in [2.05, 4.69) is 31.2 Å². The van der Waals surface area contributed by atoms with E-state index in [1.165, 1.54) is 5.57 Å². The van der Waals surface area contributed by atoms with E-state index in [4.69, 9.17) is 0 Å². The Morgan fingerprint density at radius 3 is 2.80 bits per heavy atom. The third-order valence-corrected chi connectivity index (χ3v) is 5.41. The van der Waals surface area contributed by atoms with Crippen LogP contribution in [0.1, 0.15) is 39.8 Å². The maximum atomic E-state index is 12.1. The average molecular weight is 403 g/mol. The summed E-state index contributed by atoms with van der Waals surface area (Å²) in [5.41, 5.74) is 7.03. The fourth-order valence-electron chi connectivity index (χ4n) is 3.70. The Morgan fingerprint density at radius 1 is 1.30 bits per heavy atom. The molecule has 7 nitrogen and oxygen atoms in total. The highest BCUT2D eigenvalue weighted by Crippen LogP contribution is 2.22. The highest BCUT2D eigenvalue weighted by molar-refractivity contribution is 5.92. The van der Waals surface area contributed by atoms with Crippen LogP contribution in [0.3, 0.4) is 0 Å². The van der Waals surface area contributed by atoms with E-state index in [9.17, 15) is 9.59 Å². The van der Waals surface area contributed by atoms with Gasteiger partial charge < -0.3 is 10.3 Å². The third-order valence-electron chi connectivity index (χ3n) is 5.41. The van der Waals surface area contributed by atoms with Gasteiger partial charge in [0.15, 0.2) is 0 Å². The van der Waals surface area contributed by atoms with Gasteiger partial charge in [-0.2, -0.15) is 0 Å². The van der Waals surface area contributed by atoms with E-state index in [1.54, 1.807) is 13.1 Å². The van der Waals surface area contributed by atoms with Crippen LogP contribution in [-0.4, -0.2) is 45.9 Å². The van der Waals surface area contributed by atoms with Crippen LogP contribution in [0.2, 0.25) is 0 Å². The summed E-state index contributed by atoms with van der Waals surface area (Å²) < 4.78 is 0. The van der Waals surface area contributed by atoms with Crippen LogP contribution in [0.4, 0.5) is 0 Å². The Morgan fingerprint density at radius 2 is 2.10 bits per heavy atom. The number of likely N-dealkylation sites (tertiary alicyclic amines) is 1. The van der Waals surface area contributed by atoms with Crippen molar-refractivity contribution in [2.24, 2.45) is 0 Å². The quantitative estimate of drug-likeness (QED) is 0.683. The highest BCUT2D eigenvalue weighted by Gasteiger charge is 2.21. The molecule has 30 heavy (non-hydrogen) atoms. The second-order valence-electron chi connectivity index (χ2n) is 7.65. The molecule has 3 aromatic heterocycles. The average Bonchev–Trinajstić information content (AvgIpc) is 2.72. The molecule has 1 saturated heterocycles. The normalized spacial score (nSPS) is 13.9. The molecule has 154 valence electrons. The number of aromatic amines is 1. The van der Waals surface area contributed by atoms with Crippen molar-refractivity contribution in [3.63, 3.8) is 0 Å². The fourth-order valence-corrected chi connectivity index (χ4v) is 3.70. The van der Waals surface area contributed by atoms with Crippen LogP contribution in [0.15, 0.2) is 40.8 Å². The molecule has 4 heterocycles. The van der Waals surface area contributed by atoms with Gasteiger partial charge in [0, 0.05) is 44.1 Å². The van der Waals surface area contributed by atoms with Gasteiger partial charge in [0.25, 0.3) is 11.5 Å². The summed E-state index contributed by atoms with van der Waals surface area (Å²) in [6.07, 6.45) is 4.73. The van der Waals surface area contributed by atoms with E-state index in [0.29, 0.717) is 12.1 Å². The molecule has 3 aromatic rings. The fraction of sp³-hybridized carbons (Fsp3) is 0.304. The number of hydrogen-bond donors (Lipinski definition) is 2. The topological polar surface area (TPSA) is 91.0 Å². The SMILES string of the molecule is CCc1cc2ncc(CN3CC(=Cc4ccc(C(=O)NC)nc4C)C3)cc2[nH]c1=O. The summed E-state index contributed by atoms with van der Waals surface area (Å²) in [4.78, 5) is 37.9. The molecule has 0 radical (unpaired) electrons. The number of carbonyl (C=O) groups is 1. The molecule has 0 bridgehead atoms. The first-order chi connectivity index (χ1) is 14.5. The Kier molecular flexibility index (Phi) is 5.46. The van der Waals surface area contributed by atoms with Gasteiger partial charge in [-0.3, -0.25) is 19.5 Å². The molecule has 1 aliphatic rings. The van der Waals surface area contributed by atoms with Crippen LogP contribution < -0.4 is 10.9 Å². The molecule has 0 spiro atoms. The van der Waals surface area contributed by atoms with Crippen molar-refractivity contribution in [1.29, 1.82) is 0 Å². The van der Waals surface area contributed by atoms with Crippen LogP contribution in [0.25, 0.3) is 17.1 Å². The largest absolute Gasteiger partial charge is 0.354 e. The maximum Gasteiger partial charge on any atom is 0.269 e. The summed E-state index contributed by atoms with van der Waals surface area (Å²) in [6.45, 7) is 6.42. The van der Waals surface area contributed by atoms with Gasteiger partial charge in [-0.15, -0.1) is 0 Å². The molecular weight excluding hydrogens is 378 g/mol. The van der Waals surface area contributed by atoms with E-state index >= 15 is 0 Å². The van der Waals surface area contributed by atoms with Gasteiger partial charge in [-0.1, -0.05) is 19.1 Å². The van der Waals surface area contributed by atoms with Crippen molar-refractivity contribution >= 4 is 23.0 Å². The van der Waals surface area contributed by atoms with Gasteiger partial charge in [0.05, 0.1) is 11.0 Å². The zero-order chi connectivity index (χ0) is 21.3. The number of carbonyl (C=O) groups excluding carboxylic acids is 1. The number of rotatable bonds is 5. The molecular formula is C23H25N5O2. The first-order valence-corrected chi connectivity index (χ1v) is 10.1. The standard InChI is InChI=1S/C23H25N5O2/c1-4-17-9-20-21(27-22(17)29)8-15(10-25-20)11-28-12-16(13-28)7-18-5-6-19(23(30)24-3)26-14(18)2/h5-10H,4,11-13H2,1-3H3,(H,24,30)(H,27,29). The number of pyridine rings is 3.